The van der Waals surface area contributed by atoms with Crippen LogP contribution in [0.1, 0.15) is 245 Å². The average Bonchev–Trinajstić information content (AvgIpc) is 0.907. The minimum Gasteiger partial charge on any atom is -1.00 e. The molecule has 0 amide bonds. The number of thiol groups is 1. The van der Waals surface area contributed by atoms with Gasteiger partial charge in [0.15, 0.2) is 23.1 Å². The summed E-state index contributed by atoms with van der Waals surface area (Å²) in [5.41, 5.74) is 8.49. The third-order valence-electron chi connectivity index (χ3n) is 18.9. The van der Waals surface area contributed by atoms with Crippen molar-refractivity contribution in [3.05, 3.63) is 278 Å². The number of benzene rings is 9. The largest absolute Gasteiger partial charge is 2.00 e. The Morgan fingerprint density at radius 3 is 1.10 bits per heavy atom. The van der Waals surface area contributed by atoms with E-state index in [-0.39, 0.29) is 114 Å². The molecule has 2 fully saturated rings. The van der Waals surface area contributed by atoms with Crippen LogP contribution in [0, 0.1) is 38.1 Å². The van der Waals surface area contributed by atoms with Gasteiger partial charge in [-0.15, -0.1) is 24.8 Å². The van der Waals surface area contributed by atoms with Crippen LogP contribution >= 0.6 is 58.1 Å². The first-order chi connectivity index (χ1) is 56.7. The number of rotatable bonds is 14. The molecule has 0 spiro atoms. The van der Waals surface area contributed by atoms with Crippen LogP contribution in [-0.2, 0) is 68.1 Å². The minimum absolute atomic E-state index is 0. The molecular formula is C103H140BrClFIMgO12S4Si. The van der Waals surface area contributed by atoms with Crippen molar-refractivity contribution < 1.29 is 78.5 Å². The molecule has 22 heteroatoms. The van der Waals surface area contributed by atoms with Gasteiger partial charge in [0.2, 0.25) is 0 Å². The molecule has 125 heavy (non-hydrogen) atoms. The van der Waals surface area contributed by atoms with Gasteiger partial charge in [-0.2, -0.15) is 29.3 Å². The third-order valence-corrected chi connectivity index (χ3v) is 23.8. The van der Waals surface area contributed by atoms with E-state index in [0.29, 0.717) is 23.0 Å². The summed E-state index contributed by atoms with van der Waals surface area (Å²) in [6.45, 7) is 59.3. The van der Waals surface area contributed by atoms with E-state index >= 15 is 0 Å². The van der Waals surface area contributed by atoms with Crippen molar-refractivity contribution in [2.24, 2.45) is 22.7 Å². The van der Waals surface area contributed by atoms with Crippen LogP contribution in [-0.4, -0.2) is 116 Å². The summed E-state index contributed by atoms with van der Waals surface area (Å²) < 4.78 is 56.2. The molecule has 12 nitrogen and oxygen atoms in total. The summed E-state index contributed by atoms with van der Waals surface area (Å²) >= 11 is 13.8. The van der Waals surface area contributed by atoms with Gasteiger partial charge in [0.05, 0.1) is 47.0 Å². The van der Waals surface area contributed by atoms with E-state index in [4.69, 9.17) is 40.3 Å². The van der Waals surface area contributed by atoms with E-state index in [1.807, 2.05) is 156 Å². The number of ether oxygens (including phenoxy) is 3. The van der Waals surface area contributed by atoms with Crippen LogP contribution in [0.2, 0.25) is 19.6 Å². The van der Waals surface area contributed by atoms with Crippen molar-refractivity contribution in [2.45, 2.75) is 279 Å². The molecule has 0 saturated carbocycles. The fourth-order valence-electron chi connectivity index (χ4n) is 11.6. The van der Waals surface area contributed by atoms with E-state index in [1.54, 1.807) is 49.9 Å². The van der Waals surface area contributed by atoms with Crippen LogP contribution < -0.4 is 17.0 Å². The number of carbonyl (C=O) groups is 4. The molecule has 0 radical (unpaired) electrons. The molecule has 2 saturated heterocycles. The molecule has 5 atom stereocenters. The molecule has 11 rings (SSSR count). The Bertz CT molecular complexity index is 4640. The molecule has 2 aliphatic rings. The molecule has 0 aliphatic carbocycles. The van der Waals surface area contributed by atoms with Gasteiger partial charge in [0.1, 0.15) is 7.38 Å². The maximum atomic E-state index is 13.0. The molecule has 9 aromatic rings. The van der Waals surface area contributed by atoms with E-state index in [2.05, 4.69) is 220 Å². The molecule has 9 aromatic carbocycles. The number of hydrogen-bond donors (Lipinski definition) is 4. The number of halogens is 4. The number of hydrogen-bond acceptors (Lipinski definition) is 13. The molecule has 3 N–H and O–H groups in total. The minimum atomic E-state index is -1.22. The van der Waals surface area contributed by atoms with Gasteiger partial charge in [-0.05, 0) is 216 Å². The van der Waals surface area contributed by atoms with Crippen LogP contribution in [0.25, 0.3) is 0 Å². The zero-order valence-electron chi connectivity index (χ0n) is 79.2. The number of carbonyl (C=O) groups excluding carboxylic acids is 3. The fraction of sp³-hybridized carbons (Fsp3) is 0.437. The molecular weight excluding hydrogens is 1870 g/mol. The molecule has 682 valence electrons. The van der Waals surface area contributed by atoms with E-state index in [9.17, 15) is 32.3 Å². The number of aliphatic hydroxyl groups is 2. The van der Waals surface area contributed by atoms with Gasteiger partial charge in [0, 0.05) is 96.9 Å². The maximum Gasteiger partial charge on any atom is 2.00 e. The van der Waals surface area contributed by atoms with Crippen molar-refractivity contribution in [1.29, 1.82) is 0 Å². The van der Waals surface area contributed by atoms with Gasteiger partial charge in [0.25, 0.3) is 5.97 Å². The standard InChI is InChI=1S/C26H36O3S.C18H20O2S.C18H20OS.C10H14S.C8H7IO.C8H18O2.C6H4F.C4H8O.C3H9ClSi.C2H4O2.BrH.Mg/c1-18(2)23-25(6,7)17-28-26(8,29-23)20-11-15-22(16-12-20)30(27)21-13-9-19(10-14-21)24(3,4)5;1-13(19)14-5-9-16(10-6-14)21(20)17-11-7-15(8-12-17)18(2,3)4;1-13(19)14-5-9-16(10-6-14)20-17-11-7-15(8-12-17)18(2,3)4;1-10(2,3)8-4-6-9(11)7-5-8;1-6(10)7-2-4-8(9)5-3-7;1-6(2)7(10)8(3,4)5-9;7-6-4-2-1-3-5-6;1-2-4-5-3-1;1-5(2,3)4;1-2(3)4;;/h9-16,18,23H,17H2,1-8H3;5-12H,1-4H3;5-12H,1-4H3;4-7,11H,1-3H3;2-5H,1H3;6-7,9-10H,5H2,1-4H3;2-5H;1-4H2;1-3H3;1H3,(H,3,4);1H;/q;;;;;;-1;;;;;+2/p-1. The zero-order valence-corrected chi connectivity index (χ0v) is 89.5. The quantitative estimate of drug-likeness (QED) is 0.0201. The molecule has 0 bridgehead atoms. The number of Topliss-reactive ketones (excluding diaryl/α,β-unsaturated/α-hetero) is 3. The average molecular weight is 2010 g/mol. The fourth-order valence-corrected chi connectivity index (χ4v) is 15.0. The predicted octanol–water partition coefficient (Wildman–Crippen LogP) is 24.1. The normalized spacial score (nSPS) is 15.2. The number of carboxylic acid groups (broad SMARTS) is 1. The number of aliphatic hydroxyl groups excluding tert-OH is 2. The third kappa shape index (κ3) is 47.4. The topological polar surface area (TPSA) is 191 Å². The zero-order chi connectivity index (χ0) is 93.8. The Morgan fingerprint density at radius 2 is 0.832 bits per heavy atom. The first-order valence-electron chi connectivity index (χ1n) is 41.6. The molecule has 5 unspecified atom stereocenters. The Kier molecular flexibility index (Phi) is 54.0. The number of carboxylic acids is 1. The van der Waals surface area contributed by atoms with Gasteiger partial charge in [-0.25, -0.2) is 12.8 Å². The van der Waals surface area contributed by atoms with Crippen LogP contribution in [0.5, 0.6) is 0 Å². The summed E-state index contributed by atoms with van der Waals surface area (Å²) in [6.07, 6.45) is 2.24. The SMILES string of the molecule is C1CCOC1.CC(=O)O.CC(=O)c1ccc(I)cc1.CC(=O)c1ccc(S(=O)c2ccc(C(C)(C)C)cc2)cc1.CC(=O)c1ccc(Sc2ccc(C(C)(C)C)cc2)cc1.CC(C)(C)c1ccc(S)cc1.CC(C)C(O)C(C)(C)CO.CC(C)C1OC(C)(c2ccc(S(=O)c3ccc(C(C)(C)C)cc3)cc2)OCC1(C)C.C[Si](C)(C)Cl.Fc1cc[c-]cc1.[Br-].[Mg+2]. The number of aliphatic carboxylic acids is 1. The summed E-state index contributed by atoms with van der Waals surface area (Å²) in [4.78, 5) is 48.7. The summed E-state index contributed by atoms with van der Waals surface area (Å²) in [6, 6.07) is 71.5. The summed E-state index contributed by atoms with van der Waals surface area (Å²) in [5.74, 6) is -0.986. The van der Waals surface area contributed by atoms with Crippen LogP contribution in [0.3, 0.4) is 0 Å². The van der Waals surface area contributed by atoms with Crippen LogP contribution in [0.4, 0.5) is 4.39 Å². The van der Waals surface area contributed by atoms with Crippen LogP contribution in [0.15, 0.2) is 253 Å². The smallest absolute Gasteiger partial charge is 1.00 e. The second-order valence-corrected chi connectivity index (χ2v) is 50.9. The Morgan fingerprint density at radius 1 is 0.544 bits per heavy atom. The van der Waals surface area contributed by atoms with Crippen molar-refractivity contribution in [3.63, 3.8) is 0 Å². The van der Waals surface area contributed by atoms with E-state index in [1.165, 1.54) is 71.2 Å². The monoisotopic (exact) mass is 2010 g/mol. The maximum absolute atomic E-state index is 13.0. The van der Waals surface area contributed by atoms with Gasteiger partial charge >= 0.3 is 23.1 Å². The number of ketones is 3. The first kappa shape index (κ1) is 120. The van der Waals surface area contributed by atoms with Gasteiger partial charge in [-0.1, -0.05) is 267 Å². The summed E-state index contributed by atoms with van der Waals surface area (Å²) in [5, 5.41) is 25.8. The van der Waals surface area contributed by atoms with Crippen molar-refractivity contribution >= 4 is 133 Å². The van der Waals surface area contributed by atoms with Crippen molar-refractivity contribution in [1.82, 2.24) is 0 Å². The van der Waals surface area contributed by atoms with Gasteiger partial charge < -0.3 is 46.5 Å². The Hall–Kier alpha value is -5.33. The second kappa shape index (κ2) is 56.4. The molecule has 0 aromatic heterocycles. The molecule has 2 aliphatic heterocycles. The van der Waals surface area contributed by atoms with E-state index in [0.717, 1.165) is 64.9 Å². The van der Waals surface area contributed by atoms with Gasteiger partial charge in [-0.3, -0.25) is 19.2 Å². The van der Waals surface area contributed by atoms with E-state index < -0.39 is 46.8 Å². The first-order valence-corrected chi connectivity index (χ1v) is 50.8. The predicted molar refractivity (Wildman–Crippen MR) is 532 cm³/mol. The summed E-state index contributed by atoms with van der Waals surface area (Å²) in [7, 11) is -3.57. The Balaban J connectivity index is 0.00000145. The second-order valence-electron chi connectivity index (χ2n) is 37.5. The molecule has 2 heterocycles. The Labute approximate surface area is 811 Å². The van der Waals surface area contributed by atoms with Crippen molar-refractivity contribution in [3.8, 4) is 0 Å². The van der Waals surface area contributed by atoms with Crippen molar-refractivity contribution in [2.75, 3.05) is 26.4 Å².